The molecule has 0 N–H and O–H groups in total. The van der Waals surface area contributed by atoms with E-state index in [1.165, 1.54) is 4.90 Å². The maximum atomic E-state index is 12.8. The van der Waals surface area contributed by atoms with Crippen LogP contribution in [0.2, 0.25) is 0 Å². The van der Waals surface area contributed by atoms with Crippen molar-refractivity contribution in [3.8, 4) is 5.88 Å². The number of hydrogen-bond donors (Lipinski definition) is 0. The molecule has 0 saturated carbocycles. The summed E-state index contributed by atoms with van der Waals surface area (Å²) >= 11 is 0. The van der Waals surface area contributed by atoms with E-state index in [0.717, 1.165) is 0 Å². The quantitative estimate of drug-likeness (QED) is 0.463. The highest BCUT2D eigenvalue weighted by Gasteiger charge is 2.49. The van der Waals surface area contributed by atoms with Crippen molar-refractivity contribution in [2.24, 2.45) is 0 Å². The third kappa shape index (κ3) is 6.26. The number of halogens is 3. The number of fused-ring (bicyclic) bond motifs is 1. The van der Waals surface area contributed by atoms with Crippen LogP contribution in [-0.4, -0.2) is 65.1 Å². The summed E-state index contributed by atoms with van der Waals surface area (Å²) in [7, 11) is -6.03. The van der Waals surface area contributed by atoms with Crippen molar-refractivity contribution in [1.82, 2.24) is 14.7 Å². The molecule has 0 saturated heterocycles. The number of ether oxygens (including phenoxy) is 2. The molecule has 0 aromatic carbocycles. The molecule has 1 amide bonds. The minimum Gasteiger partial charge on any atom is -0.444 e. The molecular weight excluding hydrogens is 459 g/mol. The lowest BCUT2D eigenvalue weighted by atomic mass is 10.1. The second-order valence-electron chi connectivity index (χ2n) is 9.07. The van der Waals surface area contributed by atoms with Crippen LogP contribution in [0.4, 0.5) is 22.8 Å². The molecule has 1 aliphatic rings. The highest BCUT2D eigenvalue weighted by molar-refractivity contribution is 7.87. The van der Waals surface area contributed by atoms with Crippen LogP contribution in [0.25, 0.3) is 0 Å². The van der Waals surface area contributed by atoms with Crippen LogP contribution < -0.4 is 4.18 Å². The molecule has 0 atom stereocenters. The summed E-state index contributed by atoms with van der Waals surface area (Å²) in [6.07, 6.45) is -1.85. The number of rotatable bonds is 2. The fourth-order valence-corrected chi connectivity index (χ4v) is 3.19. The number of carbonyl (C=O) groups excluding carboxylic acids is 2. The van der Waals surface area contributed by atoms with E-state index in [2.05, 4.69) is 9.28 Å². The maximum absolute atomic E-state index is 12.8. The zero-order valence-electron chi connectivity index (χ0n) is 18.6. The van der Waals surface area contributed by atoms with Gasteiger partial charge in [0.2, 0.25) is 0 Å². The van der Waals surface area contributed by atoms with Gasteiger partial charge in [-0.15, -0.1) is 5.10 Å². The predicted molar refractivity (Wildman–Crippen MR) is 105 cm³/mol. The molecule has 1 aromatic heterocycles. The van der Waals surface area contributed by atoms with Crippen LogP contribution in [0.1, 0.15) is 52.8 Å². The number of hydrogen-bond acceptors (Lipinski definition) is 8. The van der Waals surface area contributed by atoms with Crippen molar-refractivity contribution in [1.29, 1.82) is 0 Å². The van der Waals surface area contributed by atoms with E-state index in [1.807, 2.05) is 0 Å². The molecule has 10 nitrogen and oxygen atoms in total. The monoisotopic (exact) mass is 485 g/mol. The zero-order chi connectivity index (χ0) is 24.7. The fraction of sp³-hybridized carbons (Fsp3) is 0.722. The van der Waals surface area contributed by atoms with Gasteiger partial charge in [0, 0.05) is 25.1 Å². The van der Waals surface area contributed by atoms with Gasteiger partial charge < -0.3 is 18.6 Å². The lowest BCUT2D eigenvalue weighted by Crippen LogP contribution is -2.38. The fourth-order valence-electron chi connectivity index (χ4n) is 2.75. The van der Waals surface area contributed by atoms with Crippen molar-refractivity contribution in [3.63, 3.8) is 0 Å². The molecule has 32 heavy (non-hydrogen) atoms. The Balaban J connectivity index is 2.44. The molecule has 1 aromatic rings. The third-order valence-electron chi connectivity index (χ3n) is 3.99. The first-order valence-electron chi connectivity index (χ1n) is 9.63. The van der Waals surface area contributed by atoms with E-state index in [-0.39, 0.29) is 37.2 Å². The molecule has 2 rings (SSSR count). The molecule has 0 spiro atoms. The Hall–Kier alpha value is -2.51. The topological polar surface area (TPSA) is 117 Å². The van der Waals surface area contributed by atoms with Gasteiger partial charge >= 0.3 is 27.8 Å². The van der Waals surface area contributed by atoms with Crippen LogP contribution in [0.5, 0.6) is 5.88 Å². The third-order valence-corrected chi connectivity index (χ3v) is 4.94. The number of nitrogens with zero attached hydrogens (tertiary/aromatic N) is 3. The SMILES string of the molecule is CC(C)(C)OC(=O)N1CCc2c(OS(=O)(=O)C(F)(F)F)nn(C(=O)OC(C)(C)C)c2CC1. The molecule has 0 fully saturated rings. The number of alkyl halides is 3. The Kier molecular flexibility index (Phi) is 6.80. The Morgan fingerprint density at radius 2 is 1.41 bits per heavy atom. The van der Waals surface area contributed by atoms with Crippen molar-refractivity contribution >= 4 is 22.3 Å². The molecule has 0 aliphatic carbocycles. The first-order valence-corrected chi connectivity index (χ1v) is 11.0. The highest BCUT2D eigenvalue weighted by Crippen LogP contribution is 2.32. The van der Waals surface area contributed by atoms with Gasteiger partial charge in [-0.1, -0.05) is 0 Å². The molecule has 0 radical (unpaired) electrons. The van der Waals surface area contributed by atoms with Crippen LogP contribution in [0.15, 0.2) is 0 Å². The Morgan fingerprint density at radius 1 is 0.906 bits per heavy atom. The average Bonchev–Trinajstić information content (AvgIpc) is 2.74. The average molecular weight is 485 g/mol. The summed E-state index contributed by atoms with van der Waals surface area (Å²) in [4.78, 5) is 26.3. The van der Waals surface area contributed by atoms with E-state index in [0.29, 0.717) is 4.68 Å². The highest BCUT2D eigenvalue weighted by atomic mass is 32.2. The second-order valence-corrected chi connectivity index (χ2v) is 10.6. The van der Waals surface area contributed by atoms with Crippen LogP contribution in [-0.2, 0) is 32.4 Å². The number of carbonyl (C=O) groups is 2. The van der Waals surface area contributed by atoms with Crippen LogP contribution in [0.3, 0.4) is 0 Å². The van der Waals surface area contributed by atoms with E-state index in [4.69, 9.17) is 9.47 Å². The first-order chi connectivity index (χ1) is 14.3. The summed E-state index contributed by atoms with van der Waals surface area (Å²) in [5.41, 5.74) is -7.39. The van der Waals surface area contributed by atoms with Crippen molar-refractivity contribution in [3.05, 3.63) is 11.3 Å². The van der Waals surface area contributed by atoms with Gasteiger partial charge in [-0.2, -0.15) is 26.3 Å². The van der Waals surface area contributed by atoms with Gasteiger partial charge in [-0.25, -0.2) is 9.59 Å². The minimum absolute atomic E-state index is 0.0235. The van der Waals surface area contributed by atoms with Gasteiger partial charge in [-0.05, 0) is 48.0 Å². The number of amides is 1. The Morgan fingerprint density at radius 3 is 1.91 bits per heavy atom. The summed E-state index contributed by atoms with van der Waals surface area (Å²) < 4.78 is 77.0. The molecule has 1 aliphatic heterocycles. The van der Waals surface area contributed by atoms with Crippen molar-refractivity contribution in [2.75, 3.05) is 13.1 Å². The van der Waals surface area contributed by atoms with Gasteiger partial charge in [0.15, 0.2) is 0 Å². The van der Waals surface area contributed by atoms with Gasteiger partial charge in [0.25, 0.3) is 5.88 Å². The summed E-state index contributed by atoms with van der Waals surface area (Å²) in [5, 5.41) is 3.65. The maximum Gasteiger partial charge on any atom is 0.534 e. The lowest BCUT2D eigenvalue weighted by molar-refractivity contribution is -0.0501. The molecule has 182 valence electrons. The largest absolute Gasteiger partial charge is 0.534 e. The Labute approximate surface area is 183 Å². The van der Waals surface area contributed by atoms with Crippen molar-refractivity contribution in [2.45, 2.75) is 71.1 Å². The summed E-state index contributed by atoms with van der Waals surface area (Å²) in [6.45, 7) is 9.75. The summed E-state index contributed by atoms with van der Waals surface area (Å²) in [6, 6.07) is 0. The van der Waals surface area contributed by atoms with E-state index < -0.39 is 44.9 Å². The minimum atomic E-state index is -6.03. The normalized spacial score (nSPS) is 15.6. The first kappa shape index (κ1) is 25.7. The predicted octanol–water partition coefficient (Wildman–Crippen LogP) is 3.23. The van der Waals surface area contributed by atoms with E-state index >= 15 is 0 Å². The molecule has 2 heterocycles. The van der Waals surface area contributed by atoms with Crippen molar-refractivity contribution < 1.29 is 44.8 Å². The van der Waals surface area contributed by atoms with E-state index in [1.54, 1.807) is 41.5 Å². The van der Waals surface area contributed by atoms with E-state index in [9.17, 15) is 31.2 Å². The standard InChI is InChI=1S/C18H26F3N3O7S/c1-16(2,3)29-14(25)23-9-7-11-12(8-10-23)24(15(26)30-17(4,5)6)22-13(11)31-32(27,28)18(19,20)21/h7-10H2,1-6H3. The van der Waals surface area contributed by atoms with Crippen LogP contribution >= 0.6 is 0 Å². The molecule has 14 heteroatoms. The zero-order valence-corrected chi connectivity index (χ0v) is 19.4. The lowest BCUT2D eigenvalue weighted by Gasteiger charge is -2.26. The number of aromatic nitrogens is 2. The van der Waals surface area contributed by atoms with Gasteiger partial charge in [0.05, 0.1) is 5.69 Å². The smallest absolute Gasteiger partial charge is 0.444 e. The van der Waals surface area contributed by atoms with Gasteiger partial charge in [0.1, 0.15) is 11.2 Å². The molecule has 0 bridgehead atoms. The van der Waals surface area contributed by atoms with Crippen LogP contribution in [0, 0.1) is 0 Å². The second kappa shape index (κ2) is 8.45. The Bertz CT molecular complexity index is 989. The van der Waals surface area contributed by atoms with Gasteiger partial charge in [-0.3, -0.25) is 0 Å². The molecule has 0 unspecified atom stereocenters. The summed E-state index contributed by atoms with van der Waals surface area (Å²) in [5.74, 6) is -0.894. The molecular formula is C18H26F3N3O7S.